The van der Waals surface area contributed by atoms with Crippen LogP contribution in [0.2, 0.25) is 0 Å². The zero-order valence-electron chi connectivity index (χ0n) is 8.71. The number of carboxylic acids is 1. The van der Waals surface area contributed by atoms with E-state index in [1.54, 1.807) is 0 Å². The van der Waals surface area contributed by atoms with Gasteiger partial charge in [-0.3, -0.25) is 4.79 Å². The zero-order valence-corrected chi connectivity index (χ0v) is 8.71. The first-order chi connectivity index (χ1) is 7.31. The van der Waals surface area contributed by atoms with Gasteiger partial charge in [-0.2, -0.15) is 0 Å². The molecule has 1 saturated carbocycles. The average molecular weight is 236 g/mol. The van der Waals surface area contributed by atoms with Crippen LogP contribution < -0.4 is 0 Å². The van der Waals surface area contributed by atoms with Gasteiger partial charge in [-0.1, -0.05) is 0 Å². The topological polar surface area (TPSA) is 66.8 Å². The van der Waals surface area contributed by atoms with Gasteiger partial charge in [0.25, 0.3) is 5.92 Å². The van der Waals surface area contributed by atoms with Gasteiger partial charge in [0.2, 0.25) is 0 Å². The first-order valence-corrected chi connectivity index (χ1v) is 5.23. The van der Waals surface area contributed by atoms with E-state index in [0.717, 1.165) is 0 Å². The molecule has 0 spiro atoms. The molecule has 0 unspecified atom stereocenters. The number of halogens is 2. The van der Waals surface area contributed by atoms with Crippen LogP contribution in [0.15, 0.2) is 0 Å². The summed E-state index contributed by atoms with van der Waals surface area (Å²) in [5, 5.41) is 19.3. The molecule has 1 heterocycles. The largest absolute Gasteiger partial charge is 0.481 e. The first-order valence-electron chi connectivity index (χ1n) is 5.23. The number of carboxylic acid groups (broad SMARTS) is 1. The Balaban J connectivity index is 2.24. The van der Waals surface area contributed by atoms with E-state index in [1.807, 2.05) is 0 Å². The Labute approximate surface area is 91.2 Å². The molecule has 1 aliphatic heterocycles. The Morgan fingerprint density at radius 2 is 1.69 bits per heavy atom. The van der Waals surface area contributed by atoms with Crippen LogP contribution in [0.1, 0.15) is 25.7 Å². The van der Waals surface area contributed by atoms with Gasteiger partial charge in [-0.25, -0.2) is 8.78 Å². The molecule has 2 rings (SSSR count). The summed E-state index contributed by atoms with van der Waals surface area (Å²) in [5.41, 5.74) is -3.25. The van der Waals surface area contributed by atoms with Crippen molar-refractivity contribution < 1.29 is 28.5 Å². The van der Waals surface area contributed by atoms with Gasteiger partial charge < -0.3 is 14.9 Å². The van der Waals surface area contributed by atoms with Gasteiger partial charge in [-0.15, -0.1) is 0 Å². The minimum atomic E-state index is -2.97. The molecule has 0 aromatic carbocycles. The summed E-state index contributed by atoms with van der Waals surface area (Å²) in [4.78, 5) is 11.2. The SMILES string of the molecule is O=C(O)C1(C2(O)CCOCC2)CC(F)(F)C1. The van der Waals surface area contributed by atoms with Gasteiger partial charge >= 0.3 is 5.97 Å². The third kappa shape index (κ3) is 1.51. The number of aliphatic carboxylic acids is 1. The molecule has 4 nitrogen and oxygen atoms in total. The lowest BCUT2D eigenvalue weighted by Crippen LogP contribution is -2.65. The molecule has 2 N–H and O–H groups in total. The monoisotopic (exact) mass is 236 g/mol. The van der Waals surface area contributed by atoms with Crippen LogP contribution in [-0.2, 0) is 9.53 Å². The number of hydrogen-bond donors (Lipinski definition) is 2. The molecule has 92 valence electrons. The zero-order chi connectivity index (χ0) is 12.0. The van der Waals surface area contributed by atoms with Crippen molar-refractivity contribution in [1.29, 1.82) is 0 Å². The quantitative estimate of drug-likeness (QED) is 0.751. The predicted octanol–water partition coefficient (Wildman–Crippen LogP) is 1.03. The molecule has 0 atom stereocenters. The number of hydrogen-bond acceptors (Lipinski definition) is 3. The summed E-state index contributed by atoms with van der Waals surface area (Å²) in [6, 6.07) is 0. The summed E-state index contributed by atoms with van der Waals surface area (Å²) in [7, 11) is 0. The van der Waals surface area contributed by atoms with Gasteiger partial charge in [0.15, 0.2) is 0 Å². The fraction of sp³-hybridized carbons (Fsp3) is 0.900. The second-order valence-electron chi connectivity index (χ2n) is 4.74. The molecule has 1 saturated heterocycles. The standard InChI is InChI=1S/C10H14F2O4/c11-10(12)5-8(6-10,7(13)14)9(15)1-3-16-4-2-9/h15H,1-6H2,(H,13,14). The fourth-order valence-corrected chi connectivity index (χ4v) is 2.70. The molecule has 2 aliphatic rings. The lowest BCUT2D eigenvalue weighted by Gasteiger charge is -2.54. The average Bonchev–Trinajstić information content (AvgIpc) is 2.14. The molecule has 0 amide bonds. The van der Waals surface area contributed by atoms with Crippen molar-refractivity contribution in [2.45, 2.75) is 37.2 Å². The van der Waals surface area contributed by atoms with E-state index in [9.17, 15) is 18.7 Å². The number of carbonyl (C=O) groups is 1. The Morgan fingerprint density at radius 1 is 1.19 bits per heavy atom. The van der Waals surface area contributed by atoms with E-state index >= 15 is 0 Å². The number of aliphatic hydroxyl groups is 1. The highest BCUT2D eigenvalue weighted by Gasteiger charge is 2.70. The number of ether oxygens (including phenoxy) is 1. The van der Waals surface area contributed by atoms with E-state index in [4.69, 9.17) is 9.84 Å². The van der Waals surface area contributed by atoms with E-state index < -0.39 is 35.7 Å². The highest BCUT2D eigenvalue weighted by molar-refractivity contribution is 5.78. The smallest absolute Gasteiger partial charge is 0.313 e. The van der Waals surface area contributed by atoms with Crippen molar-refractivity contribution in [2.24, 2.45) is 5.41 Å². The van der Waals surface area contributed by atoms with Gasteiger partial charge in [-0.05, 0) is 0 Å². The van der Waals surface area contributed by atoms with Gasteiger partial charge in [0.1, 0.15) is 5.41 Å². The third-order valence-corrected chi connectivity index (χ3v) is 3.74. The summed E-state index contributed by atoms with van der Waals surface area (Å²) in [6.07, 6.45) is -1.33. The molecule has 16 heavy (non-hydrogen) atoms. The van der Waals surface area contributed by atoms with Crippen LogP contribution >= 0.6 is 0 Å². The lowest BCUT2D eigenvalue weighted by molar-refractivity contribution is -0.257. The summed E-state index contributed by atoms with van der Waals surface area (Å²) in [5.74, 6) is -4.30. The minimum absolute atomic E-state index is 0.107. The maximum Gasteiger partial charge on any atom is 0.313 e. The highest BCUT2D eigenvalue weighted by Crippen LogP contribution is 2.60. The molecule has 2 fully saturated rings. The molecule has 6 heteroatoms. The second-order valence-corrected chi connectivity index (χ2v) is 4.74. The van der Waals surface area contributed by atoms with Crippen LogP contribution in [0.5, 0.6) is 0 Å². The number of alkyl halides is 2. The Bertz CT molecular complexity index is 302. The first kappa shape index (κ1) is 11.7. The lowest BCUT2D eigenvalue weighted by atomic mass is 9.54. The maximum absolute atomic E-state index is 12.9. The van der Waals surface area contributed by atoms with Crippen LogP contribution in [0.3, 0.4) is 0 Å². The van der Waals surface area contributed by atoms with E-state index in [2.05, 4.69) is 0 Å². The predicted molar refractivity (Wildman–Crippen MR) is 49.3 cm³/mol. The molecular weight excluding hydrogens is 222 g/mol. The minimum Gasteiger partial charge on any atom is -0.481 e. The second kappa shape index (κ2) is 3.37. The van der Waals surface area contributed by atoms with Gasteiger partial charge in [0, 0.05) is 38.9 Å². The molecule has 0 aromatic rings. The summed E-state index contributed by atoms with van der Waals surface area (Å²) < 4.78 is 30.8. The molecule has 0 aromatic heterocycles. The Morgan fingerprint density at radius 3 is 2.06 bits per heavy atom. The van der Waals surface area contributed by atoms with E-state index in [-0.39, 0.29) is 26.1 Å². The fourth-order valence-electron chi connectivity index (χ4n) is 2.70. The van der Waals surface area contributed by atoms with Crippen molar-refractivity contribution in [3.63, 3.8) is 0 Å². The van der Waals surface area contributed by atoms with Crippen molar-refractivity contribution in [1.82, 2.24) is 0 Å². The number of rotatable bonds is 2. The van der Waals surface area contributed by atoms with Gasteiger partial charge in [0.05, 0.1) is 5.60 Å². The normalized spacial score (nSPS) is 30.4. The Hall–Kier alpha value is -0.750. The van der Waals surface area contributed by atoms with Crippen molar-refractivity contribution in [2.75, 3.05) is 13.2 Å². The Kier molecular flexibility index (Phi) is 2.47. The summed E-state index contributed by atoms with van der Waals surface area (Å²) >= 11 is 0. The van der Waals surface area contributed by atoms with E-state index in [0.29, 0.717) is 0 Å². The molecule has 1 aliphatic carbocycles. The maximum atomic E-state index is 12.9. The third-order valence-electron chi connectivity index (χ3n) is 3.74. The van der Waals surface area contributed by atoms with Crippen molar-refractivity contribution in [3.8, 4) is 0 Å². The molecular formula is C10H14F2O4. The van der Waals surface area contributed by atoms with Crippen molar-refractivity contribution in [3.05, 3.63) is 0 Å². The summed E-state index contributed by atoms with van der Waals surface area (Å²) in [6.45, 7) is 0.439. The molecule has 0 bridgehead atoms. The highest BCUT2D eigenvalue weighted by atomic mass is 19.3. The van der Waals surface area contributed by atoms with Crippen LogP contribution in [-0.4, -0.2) is 40.9 Å². The van der Waals surface area contributed by atoms with Crippen molar-refractivity contribution >= 4 is 5.97 Å². The van der Waals surface area contributed by atoms with E-state index in [1.165, 1.54) is 0 Å². The van der Waals surface area contributed by atoms with Crippen LogP contribution in [0.4, 0.5) is 8.78 Å². The van der Waals surface area contributed by atoms with Crippen LogP contribution in [0, 0.1) is 5.41 Å². The van der Waals surface area contributed by atoms with Crippen LogP contribution in [0.25, 0.3) is 0 Å². The molecule has 0 radical (unpaired) electrons.